The minimum Gasteiger partial charge on any atom is -0.481 e. The third-order valence-corrected chi connectivity index (χ3v) is 11.9. The lowest BCUT2D eigenvalue weighted by atomic mass is 10.0. The summed E-state index contributed by atoms with van der Waals surface area (Å²) in [5.74, 6) is -1.67. The Bertz CT molecular complexity index is 2670. The summed E-state index contributed by atoms with van der Waals surface area (Å²) in [4.78, 5) is 63.3. The number of aliphatic hydroxyl groups is 6. The zero-order valence-corrected chi connectivity index (χ0v) is 50.0. The number of carboxylic acids is 2. The van der Waals surface area contributed by atoms with E-state index in [0.717, 1.165) is 110 Å². The van der Waals surface area contributed by atoms with Crippen LogP contribution in [0.25, 0.3) is 0 Å². The SMILES string of the molecule is C=CCCc1cccc(CC/C=C/C(=O)O)c1.COCCc1cccc(CCC=O)c1.Cc1cccc(CC(=O)O)c1.O=C=O.O=C=O.OCCCc1cccc(CCCO)c1.OCCc1cccc(CCO)c1.OCCc1cccc(CCO)c1. The summed E-state index contributed by atoms with van der Waals surface area (Å²) < 4.78 is 5.01. The van der Waals surface area contributed by atoms with Gasteiger partial charge in [0.25, 0.3) is 0 Å². The lowest BCUT2D eigenvalue weighted by Gasteiger charge is -2.03. The molecule has 6 aromatic rings. The van der Waals surface area contributed by atoms with Crippen LogP contribution in [0.5, 0.6) is 0 Å². The Balaban J connectivity index is 0. The number of aldehydes is 1. The van der Waals surface area contributed by atoms with Crippen LogP contribution in [-0.2, 0) is 109 Å². The number of carbonyl (C=O) groups is 3. The van der Waals surface area contributed by atoms with Crippen LogP contribution in [0.2, 0.25) is 0 Å². The maximum Gasteiger partial charge on any atom is 0.373 e. The van der Waals surface area contributed by atoms with Crippen LogP contribution in [0.15, 0.2) is 170 Å². The zero-order valence-electron chi connectivity index (χ0n) is 50.0. The first-order chi connectivity index (χ1) is 41.7. The monoisotopic (exact) mass is 1190 g/mol. The molecule has 0 spiro atoms. The number of hydrogen-bond donors (Lipinski definition) is 8. The summed E-state index contributed by atoms with van der Waals surface area (Å²) in [5.41, 5.74) is 14.1. The molecule has 0 bridgehead atoms. The molecule has 0 aliphatic carbocycles. The van der Waals surface area contributed by atoms with Crippen molar-refractivity contribution in [3.8, 4) is 0 Å². The van der Waals surface area contributed by atoms with E-state index >= 15 is 0 Å². The number of methoxy groups -OCH3 is 1. The maximum absolute atomic E-state index is 10.3. The highest BCUT2D eigenvalue weighted by Crippen LogP contribution is 2.13. The van der Waals surface area contributed by atoms with Crippen molar-refractivity contribution < 1.29 is 79.2 Å². The van der Waals surface area contributed by atoms with Crippen LogP contribution in [0, 0.1) is 6.92 Å². The zero-order chi connectivity index (χ0) is 64.3. The fraction of sp³-hybridized carbons (Fsp3) is 0.357. The van der Waals surface area contributed by atoms with Crippen LogP contribution in [0.4, 0.5) is 0 Å². The van der Waals surface area contributed by atoms with Crippen molar-refractivity contribution in [2.75, 3.05) is 53.4 Å². The third kappa shape index (κ3) is 47.3. The van der Waals surface area contributed by atoms with Crippen molar-refractivity contribution in [2.24, 2.45) is 0 Å². The Labute approximate surface area is 507 Å². The van der Waals surface area contributed by atoms with E-state index in [4.69, 9.17) is 64.8 Å². The molecule has 0 saturated heterocycles. The number of hydrogen-bond acceptors (Lipinski definition) is 14. The van der Waals surface area contributed by atoms with E-state index in [1.807, 2.05) is 97.9 Å². The maximum atomic E-state index is 10.3. The van der Waals surface area contributed by atoms with Crippen molar-refractivity contribution in [2.45, 2.75) is 110 Å². The van der Waals surface area contributed by atoms with Gasteiger partial charge in [-0.1, -0.05) is 163 Å². The number of ether oxygens (including phenoxy) is 1. The lowest BCUT2D eigenvalue weighted by molar-refractivity contribution is -0.193. The van der Waals surface area contributed by atoms with Gasteiger partial charge in [-0.3, -0.25) is 4.79 Å². The fourth-order valence-corrected chi connectivity index (χ4v) is 7.93. The van der Waals surface area contributed by atoms with Crippen molar-refractivity contribution in [3.05, 3.63) is 237 Å². The minimum atomic E-state index is -0.885. The molecular weight excluding hydrogens is 1100 g/mol. The van der Waals surface area contributed by atoms with E-state index in [1.165, 1.54) is 39.5 Å². The molecule has 6 rings (SSSR count). The molecule has 0 aliphatic rings. The van der Waals surface area contributed by atoms with E-state index in [0.29, 0.717) is 32.1 Å². The highest BCUT2D eigenvalue weighted by molar-refractivity contribution is 5.79. The predicted octanol–water partition coefficient (Wildman–Crippen LogP) is 8.89. The Kier molecular flexibility index (Phi) is 53.3. The molecule has 86 heavy (non-hydrogen) atoms. The molecule has 16 heteroatoms. The van der Waals surface area contributed by atoms with E-state index in [9.17, 15) is 14.4 Å². The van der Waals surface area contributed by atoms with Gasteiger partial charge in [0, 0.05) is 59.2 Å². The van der Waals surface area contributed by atoms with Crippen molar-refractivity contribution in [1.29, 1.82) is 0 Å². The highest BCUT2D eigenvalue weighted by atomic mass is 16.5. The standard InChI is InChI=1S/C15H18O2.C12H16O2.C12H18O2.2C10H14O2.C9H10O2.2CO2/c1-2-3-7-13-9-6-10-14(12-13)8-4-5-11-15(16)17;1-14-9-7-12-5-2-4-11(10-12)6-3-8-13;13-8-2-6-11-4-1-5-12(10-11)7-3-9-14;2*11-6-4-9-2-1-3-10(8-9)5-7-12;1-7-3-2-4-8(5-7)6-9(10)11;2*2-1-3/h2,5-6,9-12H,1,3-4,7-8H2,(H,16,17);2,4-5,8,10H,3,6-7,9H2,1H3;1,4-5,10,13-14H,2-3,6-9H2;2*1-3,8,11-12H,4-7H2;2-5H,6H2,1H3,(H,10,11);;/b11-5+;;;;;;;. The molecule has 0 radical (unpaired) electrons. The van der Waals surface area contributed by atoms with Gasteiger partial charge in [0.2, 0.25) is 0 Å². The minimum absolute atomic E-state index is 0.113. The first-order valence-corrected chi connectivity index (χ1v) is 28.4. The molecule has 0 amide bonds. The number of aliphatic hydroxyl groups excluding tert-OH is 6. The predicted molar refractivity (Wildman–Crippen MR) is 332 cm³/mol. The Morgan fingerprint density at radius 3 is 1.06 bits per heavy atom. The van der Waals surface area contributed by atoms with Gasteiger partial charge in [0.05, 0.1) is 13.0 Å². The first-order valence-electron chi connectivity index (χ1n) is 28.4. The molecular formula is C70H90O16. The van der Waals surface area contributed by atoms with E-state index in [2.05, 4.69) is 67.2 Å². The molecule has 466 valence electrons. The second-order valence-corrected chi connectivity index (χ2v) is 18.9. The van der Waals surface area contributed by atoms with Crippen LogP contribution < -0.4 is 0 Å². The smallest absolute Gasteiger partial charge is 0.373 e. The van der Waals surface area contributed by atoms with E-state index in [-0.39, 0.29) is 58.4 Å². The van der Waals surface area contributed by atoms with Crippen LogP contribution in [0.3, 0.4) is 0 Å². The summed E-state index contributed by atoms with van der Waals surface area (Å²) in [6.45, 7) is 7.64. The second-order valence-electron chi connectivity index (χ2n) is 18.9. The number of carbonyl (C=O) groups excluding carboxylic acids is 5. The summed E-state index contributed by atoms with van der Waals surface area (Å²) in [7, 11) is 1.70. The summed E-state index contributed by atoms with van der Waals surface area (Å²) in [5, 5.41) is 69.1. The number of carboxylic acid groups (broad SMARTS) is 2. The van der Waals surface area contributed by atoms with Gasteiger partial charge >= 0.3 is 24.2 Å². The lowest BCUT2D eigenvalue weighted by Crippen LogP contribution is -1.99. The molecule has 0 saturated carbocycles. The van der Waals surface area contributed by atoms with Crippen LogP contribution >= 0.6 is 0 Å². The third-order valence-electron chi connectivity index (χ3n) is 11.9. The number of rotatable bonds is 29. The van der Waals surface area contributed by atoms with E-state index in [1.54, 1.807) is 13.2 Å². The Hall–Kier alpha value is -8.11. The quantitative estimate of drug-likeness (QED) is 0.0124. The molecule has 0 aliphatic heterocycles. The average Bonchev–Trinajstić information content (AvgIpc) is 3.59. The average molecular weight is 1190 g/mol. The van der Waals surface area contributed by atoms with Crippen molar-refractivity contribution in [3.63, 3.8) is 0 Å². The first kappa shape index (κ1) is 80.0. The topological polar surface area (TPSA) is 291 Å². The molecule has 0 unspecified atom stereocenters. The number of benzene rings is 6. The van der Waals surface area contributed by atoms with Gasteiger partial charge in [0.1, 0.15) is 6.29 Å². The summed E-state index contributed by atoms with van der Waals surface area (Å²) >= 11 is 0. The Morgan fingerprint density at radius 2 is 0.756 bits per heavy atom. The Morgan fingerprint density at radius 1 is 0.442 bits per heavy atom. The van der Waals surface area contributed by atoms with Gasteiger partial charge < -0.3 is 50.4 Å². The fourth-order valence-electron chi connectivity index (χ4n) is 7.93. The van der Waals surface area contributed by atoms with Crippen molar-refractivity contribution in [1.82, 2.24) is 0 Å². The number of aliphatic carboxylic acids is 2. The highest BCUT2D eigenvalue weighted by Gasteiger charge is 2.01. The van der Waals surface area contributed by atoms with Crippen LogP contribution in [0.1, 0.15) is 98.9 Å². The molecule has 0 fully saturated rings. The second kappa shape index (κ2) is 57.3. The van der Waals surface area contributed by atoms with Crippen molar-refractivity contribution >= 4 is 30.5 Å². The molecule has 0 atom stereocenters. The van der Waals surface area contributed by atoms with Gasteiger partial charge in [-0.05, 0) is 158 Å². The normalized spacial score (nSPS) is 9.67. The van der Waals surface area contributed by atoms with Crippen LogP contribution in [-0.4, -0.2) is 125 Å². The van der Waals surface area contributed by atoms with Gasteiger partial charge in [0.15, 0.2) is 0 Å². The number of allylic oxidation sites excluding steroid dienone is 2. The summed E-state index contributed by atoms with van der Waals surface area (Å²) in [6.07, 6.45) is 18.7. The van der Waals surface area contributed by atoms with E-state index < -0.39 is 11.9 Å². The number of aryl methyl sites for hydroxylation is 6. The molecule has 6 aromatic carbocycles. The largest absolute Gasteiger partial charge is 0.481 e. The van der Waals surface area contributed by atoms with Gasteiger partial charge in [-0.2, -0.15) is 19.2 Å². The summed E-state index contributed by atoms with van der Waals surface area (Å²) in [6, 6.07) is 48.5. The van der Waals surface area contributed by atoms with Gasteiger partial charge in [-0.15, -0.1) is 6.58 Å². The molecule has 0 heterocycles. The molecule has 16 nitrogen and oxygen atoms in total. The molecule has 8 N–H and O–H groups in total. The molecule has 0 aromatic heterocycles. The van der Waals surface area contributed by atoms with Gasteiger partial charge in [-0.25, -0.2) is 4.79 Å².